The maximum Gasteiger partial charge on any atom is 0.230 e. The van der Waals surface area contributed by atoms with Gasteiger partial charge in [-0.25, -0.2) is 4.98 Å². The highest BCUT2D eigenvalue weighted by atomic mass is 35.5. The van der Waals surface area contributed by atoms with Crippen LogP contribution < -0.4 is 11.1 Å². The molecule has 0 saturated carbocycles. The zero-order valence-electron chi connectivity index (χ0n) is 11.4. The summed E-state index contributed by atoms with van der Waals surface area (Å²) in [6.45, 7) is 2.08. The lowest BCUT2D eigenvalue weighted by molar-refractivity contribution is -0.119. The highest BCUT2D eigenvalue weighted by Gasteiger charge is 2.13. The van der Waals surface area contributed by atoms with E-state index in [1.54, 1.807) is 25.3 Å². The topological polar surface area (TPSA) is 68.0 Å². The predicted molar refractivity (Wildman–Crippen MR) is 88.2 cm³/mol. The molecule has 3 N–H and O–H groups in total. The number of halogens is 2. The van der Waals surface area contributed by atoms with Gasteiger partial charge in [-0.1, -0.05) is 30.1 Å². The molecule has 2 aromatic rings. The van der Waals surface area contributed by atoms with E-state index in [9.17, 15) is 4.79 Å². The number of nitrogens with one attached hydrogen (secondary N) is 1. The summed E-state index contributed by atoms with van der Waals surface area (Å²) >= 11 is 13.5. The van der Waals surface area contributed by atoms with Crippen molar-refractivity contribution in [3.05, 3.63) is 44.9 Å². The van der Waals surface area contributed by atoms with E-state index in [4.69, 9.17) is 28.9 Å². The van der Waals surface area contributed by atoms with Crippen molar-refractivity contribution in [2.45, 2.75) is 13.3 Å². The van der Waals surface area contributed by atoms with Crippen LogP contribution in [0.25, 0.3) is 0 Å². The number of nitrogens with two attached hydrogens (primary N) is 1. The third-order valence-corrected chi connectivity index (χ3v) is 4.47. The summed E-state index contributed by atoms with van der Waals surface area (Å²) in [5.41, 5.74) is 6.39. The van der Waals surface area contributed by atoms with Crippen LogP contribution in [0.2, 0.25) is 10.0 Å². The van der Waals surface area contributed by atoms with Crippen LogP contribution in [-0.4, -0.2) is 17.4 Å². The van der Waals surface area contributed by atoms with Gasteiger partial charge in [0, 0.05) is 40.0 Å². The third kappa shape index (κ3) is 4.41. The molecule has 1 aromatic heterocycles. The van der Waals surface area contributed by atoms with Crippen molar-refractivity contribution in [2.75, 3.05) is 11.9 Å². The van der Waals surface area contributed by atoms with E-state index < -0.39 is 0 Å². The van der Waals surface area contributed by atoms with Crippen molar-refractivity contribution in [2.24, 2.45) is 11.7 Å². The zero-order valence-corrected chi connectivity index (χ0v) is 13.7. The fourth-order valence-corrected chi connectivity index (χ4v) is 2.87. The van der Waals surface area contributed by atoms with E-state index in [2.05, 4.69) is 10.3 Å². The van der Waals surface area contributed by atoms with E-state index in [1.165, 1.54) is 11.3 Å². The molecule has 1 heterocycles. The lowest BCUT2D eigenvalue weighted by Gasteiger charge is -2.06. The molecule has 1 unspecified atom stereocenters. The summed E-state index contributed by atoms with van der Waals surface area (Å²) in [7, 11) is 0. The monoisotopic (exact) mass is 343 g/mol. The van der Waals surface area contributed by atoms with Crippen LogP contribution in [0.3, 0.4) is 0 Å². The molecule has 0 fully saturated rings. The molecule has 1 aromatic carbocycles. The number of thiazole rings is 1. The first-order chi connectivity index (χ1) is 9.99. The Hall–Kier alpha value is -1.14. The number of nitrogens with zero attached hydrogens (tertiary/aromatic N) is 1. The Labute approximate surface area is 137 Å². The van der Waals surface area contributed by atoms with E-state index >= 15 is 0 Å². The molecule has 0 radical (unpaired) electrons. The van der Waals surface area contributed by atoms with Crippen molar-refractivity contribution in [1.29, 1.82) is 0 Å². The van der Waals surface area contributed by atoms with Gasteiger partial charge in [0.25, 0.3) is 0 Å². The third-order valence-electron chi connectivity index (χ3n) is 2.96. The van der Waals surface area contributed by atoms with Crippen molar-refractivity contribution < 1.29 is 4.79 Å². The van der Waals surface area contributed by atoms with Gasteiger partial charge >= 0.3 is 0 Å². The zero-order chi connectivity index (χ0) is 15.4. The molecule has 4 nitrogen and oxygen atoms in total. The summed E-state index contributed by atoms with van der Waals surface area (Å²) in [5.74, 6) is -0.362. The second kappa shape index (κ2) is 7.22. The van der Waals surface area contributed by atoms with Crippen molar-refractivity contribution in [1.82, 2.24) is 4.98 Å². The molecule has 0 aliphatic heterocycles. The summed E-state index contributed by atoms with van der Waals surface area (Å²) in [5, 5.41) is 4.62. The molecule has 0 bridgehead atoms. The van der Waals surface area contributed by atoms with E-state index in [1.807, 2.05) is 6.07 Å². The van der Waals surface area contributed by atoms with Gasteiger partial charge in [0.2, 0.25) is 5.91 Å². The molecule has 0 spiro atoms. The molecule has 21 heavy (non-hydrogen) atoms. The SMILES string of the molecule is CC(CN)C(=O)Nc1ncc(Cc2cc(Cl)ccc2Cl)s1. The second-order valence-electron chi connectivity index (χ2n) is 4.67. The van der Waals surface area contributed by atoms with Crippen LogP contribution in [0, 0.1) is 5.92 Å². The first-order valence-corrected chi connectivity index (χ1v) is 7.96. The maximum absolute atomic E-state index is 11.7. The second-order valence-corrected chi connectivity index (χ2v) is 6.63. The predicted octanol–water partition coefficient (Wildman–Crippen LogP) is 3.57. The first-order valence-electron chi connectivity index (χ1n) is 6.39. The number of anilines is 1. The summed E-state index contributed by atoms with van der Waals surface area (Å²) in [4.78, 5) is 16.9. The van der Waals surface area contributed by atoms with Gasteiger partial charge < -0.3 is 11.1 Å². The van der Waals surface area contributed by atoms with E-state index in [0.29, 0.717) is 28.1 Å². The molecule has 1 atom stereocenters. The standard InChI is InChI=1S/C14H15Cl2N3OS/c1-8(6-17)13(20)19-14-18-7-11(21-14)5-9-4-10(15)2-3-12(9)16/h2-4,7-8H,5-6,17H2,1H3,(H,18,19,20). The maximum atomic E-state index is 11.7. The normalized spacial score (nSPS) is 12.2. The Morgan fingerprint density at radius 2 is 2.24 bits per heavy atom. The Kier molecular flexibility index (Phi) is 5.58. The quantitative estimate of drug-likeness (QED) is 0.871. The minimum absolute atomic E-state index is 0.126. The number of benzene rings is 1. The van der Waals surface area contributed by atoms with Gasteiger partial charge in [-0.3, -0.25) is 4.79 Å². The molecule has 0 aliphatic rings. The molecular formula is C14H15Cl2N3OS. The average Bonchev–Trinajstić information content (AvgIpc) is 2.89. The van der Waals surface area contributed by atoms with E-state index in [0.717, 1.165) is 10.4 Å². The lowest BCUT2D eigenvalue weighted by atomic mass is 10.1. The minimum Gasteiger partial charge on any atom is -0.330 e. The van der Waals surface area contributed by atoms with Crippen LogP contribution in [0.5, 0.6) is 0 Å². The highest BCUT2D eigenvalue weighted by molar-refractivity contribution is 7.15. The average molecular weight is 344 g/mol. The van der Waals surface area contributed by atoms with Crippen LogP contribution in [0.4, 0.5) is 5.13 Å². The number of carbonyl (C=O) groups is 1. The van der Waals surface area contributed by atoms with Crippen molar-refractivity contribution in [3.8, 4) is 0 Å². The van der Waals surface area contributed by atoms with E-state index in [-0.39, 0.29) is 11.8 Å². The summed E-state index contributed by atoms with van der Waals surface area (Å²) in [6.07, 6.45) is 2.35. The molecule has 0 saturated heterocycles. The highest BCUT2D eigenvalue weighted by Crippen LogP contribution is 2.27. The molecule has 7 heteroatoms. The largest absolute Gasteiger partial charge is 0.330 e. The number of aromatic nitrogens is 1. The number of hydrogen-bond acceptors (Lipinski definition) is 4. The van der Waals surface area contributed by atoms with Crippen molar-refractivity contribution in [3.63, 3.8) is 0 Å². The molecule has 2 rings (SSSR count). The Balaban J connectivity index is 2.06. The van der Waals surface area contributed by atoms with Crippen LogP contribution in [0.1, 0.15) is 17.4 Å². The smallest absolute Gasteiger partial charge is 0.230 e. The number of amides is 1. The fourth-order valence-electron chi connectivity index (χ4n) is 1.65. The fraction of sp³-hybridized carbons (Fsp3) is 0.286. The van der Waals surface area contributed by atoms with Crippen LogP contribution in [-0.2, 0) is 11.2 Å². The summed E-state index contributed by atoms with van der Waals surface area (Å²) < 4.78 is 0. The van der Waals surface area contributed by atoms with Crippen molar-refractivity contribution >= 4 is 45.6 Å². The Morgan fingerprint density at radius 1 is 1.48 bits per heavy atom. The Morgan fingerprint density at radius 3 is 2.95 bits per heavy atom. The first kappa shape index (κ1) is 16.2. The summed E-state index contributed by atoms with van der Waals surface area (Å²) in [6, 6.07) is 5.35. The molecule has 112 valence electrons. The van der Waals surface area contributed by atoms with Gasteiger partial charge in [0.15, 0.2) is 5.13 Å². The molecule has 0 aliphatic carbocycles. The minimum atomic E-state index is -0.236. The Bertz CT molecular complexity index is 645. The van der Waals surface area contributed by atoms with Crippen LogP contribution in [0.15, 0.2) is 24.4 Å². The number of carbonyl (C=O) groups excluding carboxylic acids is 1. The van der Waals surface area contributed by atoms with Gasteiger partial charge in [0.1, 0.15) is 0 Å². The number of hydrogen-bond donors (Lipinski definition) is 2. The lowest BCUT2D eigenvalue weighted by Crippen LogP contribution is -2.26. The molecule has 1 amide bonds. The van der Waals surface area contributed by atoms with Gasteiger partial charge in [-0.2, -0.15) is 0 Å². The van der Waals surface area contributed by atoms with Crippen LogP contribution >= 0.6 is 34.5 Å². The van der Waals surface area contributed by atoms with Gasteiger partial charge in [-0.05, 0) is 23.8 Å². The number of rotatable bonds is 5. The molecular weight excluding hydrogens is 329 g/mol. The van der Waals surface area contributed by atoms with Gasteiger partial charge in [0.05, 0.1) is 0 Å². The van der Waals surface area contributed by atoms with Gasteiger partial charge in [-0.15, -0.1) is 11.3 Å².